The molecule has 0 fully saturated rings. The summed E-state index contributed by atoms with van der Waals surface area (Å²) in [7, 11) is 0. The lowest BCUT2D eigenvalue weighted by Crippen LogP contribution is -2.22. The standard InChI is InChI=1S/C18H18N4O3/c1-2-22-10-15(17(21-22)18(19)24)20-16(23)11-25-14-8-7-12-5-3-4-6-13(12)9-14/h3-10H,2,11H2,1H3,(H2,19,24)(H,20,23). The normalized spacial score (nSPS) is 10.6. The van der Waals surface area contributed by atoms with E-state index in [1.54, 1.807) is 12.3 Å². The van der Waals surface area contributed by atoms with Gasteiger partial charge in [0.15, 0.2) is 12.3 Å². The molecule has 3 aromatic rings. The van der Waals surface area contributed by atoms with E-state index < -0.39 is 11.8 Å². The van der Waals surface area contributed by atoms with Crippen molar-refractivity contribution >= 4 is 28.3 Å². The Morgan fingerprint density at radius 1 is 1.20 bits per heavy atom. The highest BCUT2D eigenvalue weighted by Gasteiger charge is 2.16. The van der Waals surface area contributed by atoms with Crippen LogP contribution in [-0.4, -0.2) is 28.2 Å². The molecule has 0 unspecified atom stereocenters. The van der Waals surface area contributed by atoms with Crippen LogP contribution >= 0.6 is 0 Å². The van der Waals surface area contributed by atoms with Crippen molar-refractivity contribution in [2.75, 3.05) is 11.9 Å². The van der Waals surface area contributed by atoms with Crippen molar-refractivity contribution < 1.29 is 14.3 Å². The first-order valence-electron chi connectivity index (χ1n) is 7.85. The van der Waals surface area contributed by atoms with Gasteiger partial charge >= 0.3 is 0 Å². The summed E-state index contributed by atoms with van der Waals surface area (Å²) >= 11 is 0. The summed E-state index contributed by atoms with van der Waals surface area (Å²) in [6, 6.07) is 13.5. The van der Waals surface area contributed by atoms with Crippen molar-refractivity contribution in [2.45, 2.75) is 13.5 Å². The molecule has 0 atom stereocenters. The monoisotopic (exact) mass is 338 g/mol. The van der Waals surface area contributed by atoms with E-state index in [-0.39, 0.29) is 18.0 Å². The molecule has 25 heavy (non-hydrogen) atoms. The SMILES string of the molecule is CCn1cc(NC(=O)COc2ccc3ccccc3c2)c(C(N)=O)n1. The molecule has 128 valence electrons. The predicted octanol–water partition coefficient (Wildman–Crippen LogP) is 2.17. The van der Waals surface area contributed by atoms with Crippen molar-refractivity contribution in [3.63, 3.8) is 0 Å². The third-order valence-electron chi connectivity index (χ3n) is 3.68. The number of aromatic nitrogens is 2. The number of aryl methyl sites for hydroxylation is 1. The molecule has 0 aliphatic rings. The summed E-state index contributed by atoms with van der Waals surface area (Å²) in [6.45, 7) is 2.24. The van der Waals surface area contributed by atoms with Gasteiger partial charge in [-0.2, -0.15) is 5.10 Å². The average molecular weight is 338 g/mol. The molecule has 0 saturated heterocycles. The summed E-state index contributed by atoms with van der Waals surface area (Å²) in [6.07, 6.45) is 1.56. The van der Waals surface area contributed by atoms with Crippen molar-refractivity contribution in [3.05, 3.63) is 54.4 Å². The van der Waals surface area contributed by atoms with E-state index >= 15 is 0 Å². The quantitative estimate of drug-likeness (QED) is 0.719. The van der Waals surface area contributed by atoms with E-state index in [0.29, 0.717) is 12.3 Å². The molecule has 2 amide bonds. The zero-order chi connectivity index (χ0) is 17.8. The van der Waals surface area contributed by atoms with Crippen molar-refractivity contribution in [3.8, 4) is 5.75 Å². The topological polar surface area (TPSA) is 99.2 Å². The molecular weight excluding hydrogens is 320 g/mol. The Kier molecular flexibility index (Phi) is 4.65. The first-order chi connectivity index (χ1) is 12.1. The molecule has 0 aliphatic heterocycles. The summed E-state index contributed by atoms with van der Waals surface area (Å²) < 4.78 is 7.05. The summed E-state index contributed by atoms with van der Waals surface area (Å²) in [5.41, 5.74) is 5.59. The average Bonchev–Trinajstić information content (AvgIpc) is 3.03. The summed E-state index contributed by atoms with van der Waals surface area (Å²) in [5.74, 6) is -0.502. The van der Waals surface area contributed by atoms with Crippen LogP contribution in [0.15, 0.2) is 48.7 Å². The van der Waals surface area contributed by atoms with E-state index in [1.807, 2.05) is 43.3 Å². The fourth-order valence-electron chi connectivity index (χ4n) is 2.45. The third-order valence-corrected chi connectivity index (χ3v) is 3.68. The zero-order valence-electron chi connectivity index (χ0n) is 13.7. The van der Waals surface area contributed by atoms with E-state index in [4.69, 9.17) is 10.5 Å². The van der Waals surface area contributed by atoms with Crippen LogP contribution in [0, 0.1) is 0 Å². The fraction of sp³-hybridized carbons (Fsp3) is 0.167. The second-order valence-electron chi connectivity index (χ2n) is 5.46. The van der Waals surface area contributed by atoms with Crippen LogP contribution in [0.5, 0.6) is 5.75 Å². The van der Waals surface area contributed by atoms with Gasteiger partial charge in [-0.25, -0.2) is 0 Å². The van der Waals surface area contributed by atoms with Crippen LogP contribution in [0.4, 0.5) is 5.69 Å². The smallest absolute Gasteiger partial charge is 0.271 e. The number of carbonyl (C=O) groups excluding carboxylic acids is 2. The van der Waals surface area contributed by atoms with E-state index in [0.717, 1.165) is 10.8 Å². The molecule has 1 heterocycles. The van der Waals surface area contributed by atoms with Gasteiger partial charge < -0.3 is 15.8 Å². The third kappa shape index (κ3) is 3.77. The van der Waals surface area contributed by atoms with Gasteiger partial charge in [0.1, 0.15) is 5.75 Å². The number of ether oxygens (including phenoxy) is 1. The highest BCUT2D eigenvalue weighted by Crippen LogP contribution is 2.20. The fourth-order valence-corrected chi connectivity index (χ4v) is 2.45. The second-order valence-corrected chi connectivity index (χ2v) is 5.46. The number of fused-ring (bicyclic) bond motifs is 1. The Labute approximate surface area is 144 Å². The van der Waals surface area contributed by atoms with E-state index in [1.165, 1.54) is 4.68 Å². The van der Waals surface area contributed by atoms with Gasteiger partial charge in [0.05, 0.1) is 5.69 Å². The maximum Gasteiger partial charge on any atom is 0.271 e. The van der Waals surface area contributed by atoms with Crippen molar-refractivity contribution in [1.82, 2.24) is 9.78 Å². The van der Waals surface area contributed by atoms with Crippen LogP contribution in [0.3, 0.4) is 0 Å². The minimum Gasteiger partial charge on any atom is -0.484 e. The lowest BCUT2D eigenvalue weighted by atomic mass is 10.1. The van der Waals surface area contributed by atoms with Gasteiger partial charge in [-0.05, 0) is 29.8 Å². The van der Waals surface area contributed by atoms with Gasteiger partial charge in [0.2, 0.25) is 0 Å². The summed E-state index contributed by atoms with van der Waals surface area (Å²) in [4.78, 5) is 23.5. The number of benzene rings is 2. The zero-order valence-corrected chi connectivity index (χ0v) is 13.7. The van der Waals surface area contributed by atoms with Gasteiger partial charge in [0.25, 0.3) is 11.8 Å². The van der Waals surface area contributed by atoms with Gasteiger partial charge in [-0.1, -0.05) is 30.3 Å². The van der Waals surface area contributed by atoms with Gasteiger partial charge in [0, 0.05) is 12.7 Å². The van der Waals surface area contributed by atoms with E-state index in [9.17, 15) is 9.59 Å². The highest BCUT2D eigenvalue weighted by molar-refractivity contribution is 6.01. The lowest BCUT2D eigenvalue weighted by Gasteiger charge is -2.08. The Bertz CT molecular complexity index is 933. The minimum atomic E-state index is -0.696. The van der Waals surface area contributed by atoms with Crippen LogP contribution in [0.25, 0.3) is 10.8 Å². The molecule has 2 aromatic carbocycles. The van der Waals surface area contributed by atoms with Crippen LogP contribution in [0.1, 0.15) is 17.4 Å². The molecule has 0 spiro atoms. The van der Waals surface area contributed by atoms with Gasteiger partial charge in [-0.15, -0.1) is 0 Å². The maximum atomic E-state index is 12.1. The van der Waals surface area contributed by atoms with E-state index in [2.05, 4.69) is 10.4 Å². The molecule has 7 nitrogen and oxygen atoms in total. The molecule has 3 rings (SSSR count). The molecule has 0 saturated carbocycles. The first kappa shape index (κ1) is 16.5. The number of hydrogen-bond donors (Lipinski definition) is 2. The number of hydrogen-bond acceptors (Lipinski definition) is 4. The Morgan fingerprint density at radius 3 is 2.68 bits per heavy atom. The highest BCUT2D eigenvalue weighted by atomic mass is 16.5. The van der Waals surface area contributed by atoms with Crippen molar-refractivity contribution in [1.29, 1.82) is 0 Å². The Balaban J connectivity index is 1.66. The molecule has 3 N–H and O–H groups in total. The number of anilines is 1. The van der Waals surface area contributed by atoms with Crippen LogP contribution in [-0.2, 0) is 11.3 Å². The van der Waals surface area contributed by atoms with Crippen LogP contribution in [0.2, 0.25) is 0 Å². The largest absolute Gasteiger partial charge is 0.484 e. The number of nitrogens with one attached hydrogen (secondary N) is 1. The maximum absolute atomic E-state index is 12.1. The molecule has 0 radical (unpaired) electrons. The number of rotatable bonds is 6. The Morgan fingerprint density at radius 2 is 1.96 bits per heavy atom. The number of nitrogens with two attached hydrogens (primary N) is 1. The molecule has 7 heteroatoms. The minimum absolute atomic E-state index is 0.0286. The first-order valence-corrected chi connectivity index (χ1v) is 7.85. The number of carbonyl (C=O) groups is 2. The molecule has 0 aliphatic carbocycles. The number of primary amides is 1. The predicted molar refractivity (Wildman–Crippen MR) is 94.5 cm³/mol. The van der Waals surface area contributed by atoms with Crippen molar-refractivity contribution in [2.24, 2.45) is 5.73 Å². The number of nitrogens with zero attached hydrogens (tertiary/aromatic N) is 2. The molecule has 0 bridgehead atoms. The second kappa shape index (κ2) is 7.04. The summed E-state index contributed by atoms with van der Waals surface area (Å²) in [5, 5.41) is 8.75. The lowest BCUT2D eigenvalue weighted by molar-refractivity contribution is -0.118. The molecule has 1 aromatic heterocycles. The number of amides is 2. The van der Waals surface area contributed by atoms with Gasteiger partial charge in [-0.3, -0.25) is 14.3 Å². The molecular formula is C18H18N4O3. The van der Waals surface area contributed by atoms with Crippen LogP contribution < -0.4 is 15.8 Å². The Hall–Kier alpha value is -3.35.